The molecule has 0 saturated heterocycles. The van der Waals surface area contributed by atoms with E-state index in [1.165, 1.54) is 19.3 Å². The molecule has 6 nitrogen and oxygen atoms in total. The first-order chi connectivity index (χ1) is 16.9. The second-order valence-corrected chi connectivity index (χ2v) is 10.2. The van der Waals surface area contributed by atoms with Gasteiger partial charge in [0.1, 0.15) is 6.04 Å². The number of carboxylic acids is 1. The molecule has 1 saturated carbocycles. The first-order valence-electron chi connectivity index (χ1n) is 12.4. The average Bonchev–Trinajstić information content (AvgIpc) is 2.85. The predicted molar refractivity (Wildman–Crippen MR) is 149 cm³/mol. The second kappa shape index (κ2) is 15.1. The van der Waals surface area contributed by atoms with E-state index in [4.69, 9.17) is 0 Å². The first-order valence-corrected chi connectivity index (χ1v) is 13.8. The summed E-state index contributed by atoms with van der Waals surface area (Å²) in [7, 11) is 0. The molecular weight excluding hydrogens is 467 g/mol. The number of aliphatic carboxylic acids is 1. The third-order valence-electron chi connectivity index (χ3n) is 6.59. The van der Waals surface area contributed by atoms with Gasteiger partial charge >= 0.3 is 24.8 Å². The summed E-state index contributed by atoms with van der Waals surface area (Å²) in [5, 5.41) is 15.4. The SMILES string of the molecule is CSCC[C@H](NC(=O)c1ccc(CCC(=O)NC2CCCCC2)cc1-c1ccccc1C)C(=O)O.[LiH]. The molecule has 1 aliphatic rings. The number of hydrogen-bond acceptors (Lipinski definition) is 4. The summed E-state index contributed by atoms with van der Waals surface area (Å²) in [5.41, 5.74) is 4.09. The molecule has 0 aromatic heterocycles. The molecule has 0 heterocycles. The molecule has 1 fully saturated rings. The fourth-order valence-corrected chi connectivity index (χ4v) is 5.05. The molecule has 1 aliphatic carbocycles. The third kappa shape index (κ3) is 8.72. The van der Waals surface area contributed by atoms with Crippen LogP contribution in [-0.4, -0.2) is 65.8 Å². The number of nitrogens with one attached hydrogen (secondary N) is 2. The minimum atomic E-state index is -1.04. The van der Waals surface area contributed by atoms with Crippen LogP contribution in [0, 0.1) is 6.92 Å². The van der Waals surface area contributed by atoms with E-state index in [0.717, 1.165) is 35.1 Å². The first kappa shape index (κ1) is 30.0. The van der Waals surface area contributed by atoms with Crippen LogP contribution in [0.25, 0.3) is 11.1 Å². The van der Waals surface area contributed by atoms with Crippen LogP contribution in [0.1, 0.15) is 66.4 Å². The fourth-order valence-electron chi connectivity index (χ4n) is 4.58. The summed E-state index contributed by atoms with van der Waals surface area (Å²) < 4.78 is 0. The zero-order chi connectivity index (χ0) is 25.2. The summed E-state index contributed by atoms with van der Waals surface area (Å²) in [6, 6.07) is 12.7. The fraction of sp³-hybridized carbons (Fsp3) is 0.464. The number of carbonyl (C=O) groups is 3. The molecule has 3 rings (SSSR count). The molecule has 1 atom stereocenters. The Morgan fingerprint density at radius 3 is 2.44 bits per heavy atom. The minimum absolute atomic E-state index is 0. The molecular formula is C28H37LiN2O4S. The molecule has 36 heavy (non-hydrogen) atoms. The van der Waals surface area contributed by atoms with Crippen LogP contribution in [0.15, 0.2) is 42.5 Å². The number of benzene rings is 2. The zero-order valence-corrected chi connectivity index (χ0v) is 21.5. The Kier molecular flexibility index (Phi) is 12.6. The van der Waals surface area contributed by atoms with Crippen LogP contribution < -0.4 is 10.6 Å². The maximum absolute atomic E-state index is 13.2. The van der Waals surface area contributed by atoms with Crippen LogP contribution in [0.3, 0.4) is 0 Å². The molecule has 0 aliphatic heterocycles. The van der Waals surface area contributed by atoms with Crippen LogP contribution >= 0.6 is 11.8 Å². The predicted octanol–water partition coefficient (Wildman–Crippen LogP) is 4.33. The van der Waals surface area contributed by atoms with Crippen molar-refractivity contribution in [1.82, 2.24) is 10.6 Å². The molecule has 2 aromatic carbocycles. The van der Waals surface area contributed by atoms with E-state index in [1.807, 2.05) is 49.6 Å². The van der Waals surface area contributed by atoms with Crippen molar-refractivity contribution in [3.05, 3.63) is 59.2 Å². The van der Waals surface area contributed by atoms with Gasteiger partial charge in [-0.05, 0) is 72.9 Å². The van der Waals surface area contributed by atoms with Gasteiger partial charge in [0.05, 0.1) is 0 Å². The van der Waals surface area contributed by atoms with Crippen molar-refractivity contribution < 1.29 is 19.5 Å². The van der Waals surface area contributed by atoms with Gasteiger partial charge in [-0.25, -0.2) is 4.79 Å². The van der Waals surface area contributed by atoms with E-state index < -0.39 is 17.9 Å². The summed E-state index contributed by atoms with van der Waals surface area (Å²) in [5.74, 6) is -0.734. The van der Waals surface area contributed by atoms with Gasteiger partial charge in [0, 0.05) is 18.0 Å². The molecule has 190 valence electrons. The van der Waals surface area contributed by atoms with Crippen LogP contribution in [0.2, 0.25) is 0 Å². The Morgan fingerprint density at radius 1 is 1.06 bits per heavy atom. The number of carbonyl (C=O) groups excluding carboxylic acids is 2. The standard InChI is InChI=1S/C28H36N2O4S.Li.H/c1-19-8-6-7-11-22(19)24-18-20(13-15-26(31)29-21-9-4-3-5-10-21)12-14-23(24)27(32)30-25(28(33)34)16-17-35-2;;/h6-8,11-12,14,18,21,25H,3-5,9-10,13,15-17H2,1-2H3,(H,29,31)(H,30,32)(H,33,34);;/t25-;;/m0../s1. The Balaban J connectivity index is 0.00000456. The van der Waals surface area contributed by atoms with E-state index in [1.54, 1.807) is 17.8 Å². The van der Waals surface area contributed by atoms with Crippen molar-refractivity contribution >= 4 is 48.4 Å². The van der Waals surface area contributed by atoms with Gasteiger partial charge in [-0.2, -0.15) is 11.8 Å². The number of rotatable bonds is 11. The second-order valence-electron chi connectivity index (χ2n) is 9.24. The number of amides is 2. The van der Waals surface area contributed by atoms with Gasteiger partial charge < -0.3 is 15.7 Å². The summed E-state index contributed by atoms with van der Waals surface area (Å²) in [4.78, 5) is 37.4. The monoisotopic (exact) mass is 504 g/mol. The van der Waals surface area contributed by atoms with Crippen molar-refractivity contribution in [1.29, 1.82) is 0 Å². The van der Waals surface area contributed by atoms with E-state index in [2.05, 4.69) is 10.6 Å². The van der Waals surface area contributed by atoms with Crippen molar-refractivity contribution in [3.8, 4) is 11.1 Å². The van der Waals surface area contributed by atoms with Gasteiger partial charge in [0.2, 0.25) is 5.91 Å². The molecule has 0 unspecified atom stereocenters. The molecule has 8 heteroatoms. The van der Waals surface area contributed by atoms with Crippen molar-refractivity contribution in [2.45, 2.75) is 70.4 Å². The van der Waals surface area contributed by atoms with Crippen molar-refractivity contribution in [2.24, 2.45) is 0 Å². The number of aryl methyl sites for hydroxylation is 2. The zero-order valence-electron chi connectivity index (χ0n) is 20.6. The van der Waals surface area contributed by atoms with Gasteiger partial charge in [-0.1, -0.05) is 55.7 Å². The van der Waals surface area contributed by atoms with Crippen molar-refractivity contribution in [2.75, 3.05) is 12.0 Å². The van der Waals surface area contributed by atoms with E-state index in [-0.39, 0.29) is 30.8 Å². The van der Waals surface area contributed by atoms with E-state index >= 15 is 0 Å². The van der Waals surface area contributed by atoms with Gasteiger partial charge in [0.25, 0.3) is 5.91 Å². The molecule has 2 aromatic rings. The molecule has 0 radical (unpaired) electrons. The van der Waals surface area contributed by atoms with E-state index in [9.17, 15) is 19.5 Å². The Morgan fingerprint density at radius 2 is 1.78 bits per heavy atom. The normalized spacial score (nSPS) is 14.4. The summed E-state index contributed by atoms with van der Waals surface area (Å²) in [6.07, 6.45) is 8.95. The molecule has 0 spiro atoms. The van der Waals surface area contributed by atoms with Gasteiger partial charge in [-0.3, -0.25) is 9.59 Å². The van der Waals surface area contributed by atoms with Crippen LogP contribution in [-0.2, 0) is 16.0 Å². The number of hydrogen-bond donors (Lipinski definition) is 3. The van der Waals surface area contributed by atoms with Gasteiger partial charge in [0.15, 0.2) is 0 Å². The topological polar surface area (TPSA) is 95.5 Å². The Hall–Kier alpha value is -2.20. The number of carboxylic acid groups (broad SMARTS) is 1. The molecule has 0 bridgehead atoms. The van der Waals surface area contributed by atoms with Crippen LogP contribution in [0.5, 0.6) is 0 Å². The third-order valence-corrected chi connectivity index (χ3v) is 7.23. The van der Waals surface area contributed by atoms with Crippen LogP contribution in [0.4, 0.5) is 0 Å². The quantitative estimate of drug-likeness (QED) is 0.396. The Labute approximate surface area is 230 Å². The number of thioether (sulfide) groups is 1. The van der Waals surface area contributed by atoms with Gasteiger partial charge in [-0.15, -0.1) is 0 Å². The Bertz CT molecular complexity index is 1040. The van der Waals surface area contributed by atoms with E-state index in [0.29, 0.717) is 30.6 Å². The molecule has 2 amide bonds. The maximum atomic E-state index is 13.2. The van der Waals surface area contributed by atoms with Crippen molar-refractivity contribution in [3.63, 3.8) is 0 Å². The molecule has 3 N–H and O–H groups in total. The summed E-state index contributed by atoms with van der Waals surface area (Å²) in [6.45, 7) is 1.99. The average molecular weight is 505 g/mol. The summed E-state index contributed by atoms with van der Waals surface area (Å²) >= 11 is 1.55.